The van der Waals surface area contributed by atoms with Crippen LogP contribution in [-0.4, -0.2) is 35.1 Å². The standard InChI is InChI=1S/C23H34N2O3/c1-13(26)24-19-12-15-11-16(28)7-9-22(15,3)18-8-10-23(4)17(21(18)19)5-6-20(23)25-14(2)27/h7,9,15-17,19-20,28H,5-6,8,10-12H2,1-4H3,(H,24,26)(H,25,27)/t15-,16?,17-,19-,20-,22-,23-/m0/s1. The van der Waals surface area contributed by atoms with Crippen molar-refractivity contribution in [2.75, 3.05) is 0 Å². The van der Waals surface area contributed by atoms with Gasteiger partial charge in [0.25, 0.3) is 0 Å². The number of aliphatic hydroxyl groups is 1. The number of carbonyl (C=O) groups is 2. The maximum absolute atomic E-state index is 12.0. The molecule has 5 heteroatoms. The van der Waals surface area contributed by atoms with Crippen molar-refractivity contribution in [3.05, 3.63) is 23.3 Å². The summed E-state index contributed by atoms with van der Waals surface area (Å²) in [7, 11) is 0. The van der Waals surface area contributed by atoms with Crippen molar-refractivity contribution >= 4 is 11.8 Å². The first-order valence-electron chi connectivity index (χ1n) is 10.8. The van der Waals surface area contributed by atoms with Gasteiger partial charge in [0, 0.05) is 25.3 Å². The molecule has 0 heterocycles. The Morgan fingerprint density at radius 3 is 2.50 bits per heavy atom. The molecule has 0 bridgehead atoms. The van der Waals surface area contributed by atoms with E-state index in [-0.39, 0.29) is 40.8 Å². The normalized spacial score (nSPS) is 44.4. The summed E-state index contributed by atoms with van der Waals surface area (Å²) in [4.78, 5) is 23.8. The van der Waals surface area contributed by atoms with Crippen LogP contribution in [0.4, 0.5) is 0 Å². The van der Waals surface area contributed by atoms with Crippen LogP contribution in [0.5, 0.6) is 0 Å². The maximum atomic E-state index is 12.0. The topological polar surface area (TPSA) is 78.4 Å². The van der Waals surface area contributed by atoms with Gasteiger partial charge in [-0.15, -0.1) is 0 Å². The second kappa shape index (κ2) is 6.72. The van der Waals surface area contributed by atoms with Gasteiger partial charge < -0.3 is 15.7 Å². The largest absolute Gasteiger partial charge is 0.389 e. The fourth-order valence-electron chi connectivity index (χ4n) is 6.90. The van der Waals surface area contributed by atoms with Gasteiger partial charge in [-0.3, -0.25) is 9.59 Å². The Morgan fingerprint density at radius 1 is 1.11 bits per heavy atom. The molecule has 4 aliphatic rings. The van der Waals surface area contributed by atoms with Crippen LogP contribution in [0.3, 0.4) is 0 Å². The molecule has 0 spiro atoms. The zero-order chi connectivity index (χ0) is 20.3. The van der Waals surface area contributed by atoms with Gasteiger partial charge in [0.05, 0.1) is 12.1 Å². The lowest BCUT2D eigenvalue weighted by atomic mass is 9.52. The molecule has 28 heavy (non-hydrogen) atoms. The number of hydrogen-bond donors (Lipinski definition) is 3. The molecule has 154 valence electrons. The molecule has 1 fully saturated rings. The molecule has 0 aliphatic heterocycles. The number of hydrogen-bond acceptors (Lipinski definition) is 3. The van der Waals surface area contributed by atoms with Crippen LogP contribution in [0, 0.1) is 22.7 Å². The molecule has 5 nitrogen and oxygen atoms in total. The maximum Gasteiger partial charge on any atom is 0.217 e. The molecular formula is C23H34N2O3. The van der Waals surface area contributed by atoms with Gasteiger partial charge >= 0.3 is 0 Å². The third-order valence-corrected chi connectivity index (χ3v) is 8.31. The molecule has 7 atom stereocenters. The number of allylic oxidation sites excluding steroid dienone is 2. The lowest BCUT2D eigenvalue weighted by Gasteiger charge is -2.55. The number of nitrogens with one attached hydrogen (secondary N) is 2. The van der Waals surface area contributed by atoms with Crippen LogP contribution in [0.25, 0.3) is 0 Å². The quantitative estimate of drug-likeness (QED) is 0.639. The Kier molecular flexibility index (Phi) is 4.72. The van der Waals surface area contributed by atoms with E-state index in [1.807, 2.05) is 6.08 Å². The Labute approximate surface area is 168 Å². The molecule has 0 saturated heterocycles. The molecular weight excluding hydrogens is 352 g/mol. The third-order valence-electron chi connectivity index (χ3n) is 8.31. The van der Waals surface area contributed by atoms with Crippen LogP contribution in [0.15, 0.2) is 23.3 Å². The zero-order valence-electron chi connectivity index (χ0n) is 17.5. The predicted octanol–water partition coefficient (Wildman–Crippen LogP) is 2.85. The Morgan fingerprint density at radius 2 is 1.82 bits per heavy atom. The van der Waals surface area contributed by atoms with Gasteiger partial charge in [-0.05, 0) is 61.3 Å². The second-order valence-electron chi connectivity index (χ2n) is 9.95. The summed E-state index contributed by atoms with van der Waals surface area (Å²) >= 11 is 0. The number of rotatable bonds is 2. The van der Waals surface area contributed by atoms with Crippen molar-refractivity contribution in [3.63, 3.8) is 0 Å². The van der Waals surface area contributed by atoms with E-state index in [9.17, 15) is 14.7 Å². The van der Waals surface area contributed by atoms with Gasteiger partial charge in [0.1, 0.15) is 0 Å². The first kappa shape index (κ1) is 19.7. The van der Waals surface area contributed by atoms with E-state index < -0.39 is 0 Å². The van der Waals surface area contributed by atoms with E-state index >= 15 is 0 Å². The second-order valence-corrected chi connectivity index (χ2v) is 9.95. The lowest BCUT2D eigenvalue weighted by Crippen LogP contribution is -2.54. The van der Waals surface area contributed by atoms with Crippen molar-refractivity contribution in [2.45, 2.75) is 84.4 Å². The average Bonchev–Trinajstić information content (AvgIpc) is 2.92. The molecule has 2 amide bonds. The summed E-state index contributed by atoms with van der Waals surface area (Å²) in [6, 6.07) is 0.251. The van der Waals surface area contributed by atoms with Crippen molar-refractivity contribution in [1.29, 1.82) is 0 Å². The lowest BCUT2D eigenvalue weighted by molar-refractivity contribution is -0.120. The smallest absolute Gasteiger partial charge is 0.217 e. The summed E-state index contributed by atoms with van der Waals surface area (Å²) in [5.41, 5.74) is 2.92. The minimum atomic E-state index is -0.386. The highest BCUT2D eigenvalue weighted by Gasteiger charge is 2.57. The average molecular weight is 387 g/mol. The molecule has 1 saturated carbocycles. The minimum Gasteiger partial charge on any atom is -0.389 e. The van der Waals surface area contributed by atoms with Crippen LogP contribution in [0.2, 0.25) is 0 Å². The van der Waals surface area contributed by atoms with E-state index in [2.05, 4.69) is 30.6 Å². The van der Waals surface area contributed by atoms with Gasteiger partial charge in [-0.2, -0.15) is 0 Å². The van der Waals surface area contributed by atoms with Crippen molar-refractivity contribution in [2.24, 2.45) is 22.7 Å². The molecule has 4 rings (SSSR count). The monoisotopic (exact) mass is 386 g/mol. The van der Waals surface area contributed by atoms with Gasteiger partial charge in [-0.25, -0.2) is 0 Å². The summed E-state index contributed by atoms with van der Waals surface area (Å²) in [5, 5.41) is 16.7. The molecule has 0 radical (unpaired) electrons. The molecule has 1 unspecified atom stereocenters. The molecule has 4 aliphatic carbocycles. The Hall–Kier alpha value is -1.62. The molecule has 3 N–H and O–H groups in total. The minimum absolute atomic E-state index is 0.0102. The summed E-state index contributed by atoms with van der Waals surface area (Å²) in [6.07, 6.45) is 9.57. The highest BCUT2D eigenvalue weighted by Crippen LogP contribution is 2.62. The molecule has 0 aromatic carbocycles. The van der Waals surface area contributed by atoms with Crippen LogP contribution < -0.4 is 10.6 Å². The Balaban J connectivity index is 1.78. The van der Waals surface area contributed by atoms with Crippen LogP contribution in [0.1, 0.15) is 66.2 Å². The fraction of sp³-hybridized carbons (Fsp3) is 0.739. The van der Waals surface area contributed by atoms with Crippen molar-refractivity contribution in [1.82, 2.24) is 10.6 Å². The first-order chi connectivity index (χ1) is 13.1. The summed E-state index contributed by atoms with van der Waals surface area (Å²) < 4.78 is 0. The van der Waals surface area contributed by atoms with Gasteiger partial charge in [-0.1, -0.05) is 31.6 Å². The third kappa shape index (κ3) is 2.94. The number of amides is 2. The van der Waals surface area contributed by atoms with Crippen molar-refractivity contribution in [3.8, 4) is 0 Å². The summed E-state index contributed by atoms with van der Waals surface area (Å²) in [5.74, 6) is 0.795. The SMILES string of the molecule is CC(=O)N[C@H]1C[C@@H]2CC(O)C=C[C@]2(C)C2=C1[C@@H]1CC[C@H](NC(C)=O)[C@@]1(C)CC2. The van der Waals surface area contributed by atoms with Crippen LogP contribution in [-0.2, 0) is 9.59 Å². The fourth-order valence-corrected chi connectivity index (χ4v) is 6.90. The van der Waals surface area contributed by atoms with Gasteiger partial charge in [0.2, 0.25) is 11.8 Å². The highest BCUT2D eigenvalue weighted by molar-refractivity contribution is 5.74. The predicted molar refractivity (Wildman–Crippen MR) is 108 cm³/mol. The highest BCUT2D eigenvalue weighted by atomic mass is 16.3. The van der Waals surface area contributed by atoms with E-state index in [0.717, 1.165) is 38.5 Å². The number of aliphatic hydroxyl groups excluding tert-OH is 1. The molecule has 0 aromatic rings. The van der Waals surface area contributed by atoms with E-state index in [4.69, 9.17) is 0 Å². The summed E-state index contributed by atoms with van der Waals surface area (Å²) in [6.45, 7) is 7.85. The van der Waals surface area contributed by atoms with Crippen molar-refractivity contribution < 1.29 is 14.7 Å². The molecule has 0 aromatic heterocycles. The number of carbonyl (C=O) groups excluding carboxylic acids is 2. The van der Waals surface area contributed by atoms with E-state index in [0.29, 0.717) is 11.8 Å². The number of fused-ring (bicyclic) bond motifs is 4. The van der Waals surface area contributed by atoms with Gasteiger partial charge in [0.15, 0.2) is 0 Å². The van der Waals surface area contributed by atoms with E-state index in [1.54, 1.807) is 13.8 Å². The van der Waals surface area contributed by atoms with E-state index in [1.165, 1.54) is 11.1 Å². The Bertz CT molecular complexity index is 757. The zero-order valence-corrected chi connectivity index (χ0v) is 17.5. The van der Waals surface area contributed by atoms with Crippen LogP contribution >= 0.6 is 0 Å². The first-order valence-corrected chi connectivity index (χ1v) is 10.8.